The smallest absolute Gasteiger partial charge is 0.410 e. The van der Waals surface area contributed by atoms with Crippen molar-refractivity contribution in [3.63, 3.8) is 0 Å². The molecule has 0 aliphatic carbocycles. The number of benzene rings is 1. The lowest BCUT2D eigenvalue weighted by molar-refractivity contribution is 0.157. The van der Waals surface area contributed by atoms with Gasteiger partial charge in [0.1, 0.15) is 6.61 Å². The number of anilines is 1. The van der Waals surface area contributed by atoms with Crippen LogP contribution in [0.15, 0.2) is 22.7 Å². The third-order valence-corrected chi connectivity index (χ3v) is 3.09. The highest BCUT2D eigenvalue weighted by Gasteiger charge is 2.23. The van der Waals surface area contributed by atoms with Gasteiger partial charge in [-0.25, -0.2) is 4.79 Å². The number of ether oxygens (including phenoxy) is 1. The topological polar surface area (TPSA) is 55.6 Å². The summed E-state index contributed by atoms with van der Waals surface area (Å²) < 4.78 is 5.77. The number of nitrogens with two attached hydrogens (primary N) is 1. The maximum absolute atomic E-state index is 11.2. The number of amides is 1. The van der Waals surface area contributed by atoms with E-state index in [-0.39, 0.29) is 6.09 Å². The summed E-state index contributed by atoms with van der Waals surface area (Å²) >= 11 is 3.42. The molecule has 4 nitrogen and oxygen atoms in total. The minimum absolute atomic E-state index is 0.273. The standard InChI is InChI=1S/C10H11BrN2O2/c11-8-2-1-3-9(12)7(8)6-13-4-5-15-10(13)14/h1-3H,4-6,12H2. The van der Waals surface area contributed by atoms with Crippen LogP contribution < -0.4 is 5.73 Å². The van der Waals surface area contributed by atoms with E-state index in [0.717, 1.165) is 10.0 Å². The molecule has 0 spiro atoms. The molecule has 1 amide bonds. The average Bonchev–Trinajstić information content (AvgIpc) is 2.58. The number of nitrogen functional groups attached to an aromatic ring is 1. The molecule has 1 saturated heterocycles. The lowest BCUT2D eigenvalue weighted by atomic mass is 10.2. The Morgan fingerprint density at radius 1 is 1.53 bits per heavy atom. The molecule has 0 unspecified atom stereocenters. The molecule has 1 aromatic rings. The Morgan fingerprint density at radius 3 is 2.93 bits per heavy atom. The molecule has 1 fully saturated rings. The van der Waals surface area contributed by atoms with E-state index in [2.05, 4.69) is 15.9 Å². The molecule has 1 heterocycles. The molecule has 2 N–H and O–H groups in total. The van der Waals surface area contributed by atoms with Gasteiger partial charge in [-0.15, -0.1) is 0 Å². The highest BCUT2D eigenvalue weighted by atomic mass is 79.9. The molecule has 0 radical (unpaired) electrons. The second kappa shape index (κ2) is 4.10. The van der Waals surface area contributed by atoms with Crippen LogP contribution in [0.2, 0.25) is 0 Å². The summed E-state index contributed by atoms with van der Waals surface area (Å²) in [5.74, 6) is 0. The second-order valence-electron chi connectivity index (χ2n) is 3.34. The molecule has 1 aromatic carbocycles. The average molecular weight is 271 g/mol. The minimum atomic E-state index is -0.273. The zero-order chi connectivity index (χ0) is 10.8. The van der Waals surface area contributed by atoms with Gasteiger partial charge in [0.05, 0.1) is 13.1 Å². The van der Waals surface area contributed by atoms with E-state index in [1.165, 1.54) is 0 Å². The van der Waals surface area contributed by atoms with E-state index in [1.807, 2.05) is 18.2 Å². The molecular formula is C10H11BrN2O2. The summed E-state index contributed by atoms with van der Waals surface area (Å²) in [6, 6.07) is 5.60. The number of carbonyl (C=O) groups excluding carboxylic acids is 1. The van der Waals surface area contributed by atoms with Gasteiger partial charge < -0.3 is 15.4 Å². The van der Waals surface area contributed by atoms with Crippen LogP contribution in [0.5, 0.6) is 0 Å². The predicted molar refractivity (Wildman–Crippen MR) is 60.3 cm³/mol. The summed E-state index contributed by atoms with van der Waals surface area (Å²) in [6.45, 7) is 1.58. The highest BCUT2D eigenvalue weighted by Crippen LogP contribution is 2.24. The number of hydrogen-bond donors (Lipinski definition) is 1. The number of nitrogens with zero attached hydrogens (tertiary/aromatic N) is 1. The SMILES string of the molecule is Nc1cccc(Br)c1CN1CCOC1=O. The normalized spacial score (nSPS) is 15.5. The Labute approximate surface area is 96.1 Å². The predicted octanol–water partition coefficient (Wildman–Crippen LogP) is 1.98. The fourth-order valence-electron chi connectivity index (χ4n) is 1.50. The lowest BCUT2D eigenvalue weighted by Crippen LogP contribution is -2.24. The van der Waals surface area contributed by atoms with Gasteiger partial charge in [0, 0.05) is 15.7 Å². The Balaban J connectivity index is 2.20. The Hall–Kier alpha value is -1.23. The van der Waals surface area contributed by atoms with Crippen LogP contribution in [0.3, 0.4) is 0 Å². The summed E-state index contributed by atoms with van der Waals surface area (Å²) in [7, 11) is 0. The molecule has 0 bridgehead atoms. The quantitative estimate of drug-likeness (QED) is 0.837. The van der Waals surface area contributed by atoms with Crippen molar-refractivity contribution in [2.45, 2.75) is 6.54 Å². The second-order valence-corrected chi connectivity index (χ2v) is 4.20. The summed E-state index contributed by atoms with van der Waals surface area (Å²) in [5, 5.41) is 0. The van der Waals surface area contributed by atoms with Gasteiger partial charge in [-0.3, -0.25) is 0 Å². The van der Waals surface area contributed by atoms with E-state index in [4.69, 9.17) is 10.5 Å². The van der Waals surface area contributed by atoms with Crippen LogP contribution in [-0.2, 0) is 11.3 Å². The van der Waals surface area contributed by atoms with Crippen molar-refractivity contribution in [3.8, 4) is 0 Å². The third-order valence-electron chi connectivity index (χ3n) is 2.35. The van der Waals surface area contributed by atoms with E-state index in [1.54, 1.807) is 4.90 Å². The van der Waals surface area contributed by atoms with E-state index in [9.17, 15) is 4.79 Å². The largest absolute Gasteiger partial charge is 0.448 e. The molecule has 0 saturated carbocycles. The van der Waals surface area contributed by atoms with Gasteiger partial charge >= 0.3 is 6.09 Å². The van der Waals surface area contributed by atoms with Crippen molar-refractivity contribution in [3.05, 3.63) is 28.2 Å². The van der Waals surface area contributed by atoms with Gasteiger partial charge in [-0.05, 0) is 12.1 Å². The number of halogens is 1. The van der Waals surface area contributed by atoms with Crippen LogP contribution in [0.25, 0.3) is 0 Å². The first-order chi connectivity index (χ1) is 7.18. The van der Waals surface area contributed by atoms with Gasteiger partial charge in [0.15, 0.2) is 0 Å². The van der Waals surface area contributed by atoms with Crippen LogP contribution in [0, 0.1) is 0 Å². The zero-order valence-electron chi connectivity index (χ0n) is 8.07. The molecular weight excluding hydrogens is 260 g/mol. The number of carbonyl (C=O) groups is 1. The monoisotopic (exact) mass is 270 g/mol. The number of rotatable bonds is 2. The Kier molecular flexibility index (Phi) is 2.81. The summed E-state index contributed by atoms with van der Waals surface area (Å²) in [5.41, 5.74) is 7.45. The lowest BCUT2D eigenvalue weighted by Gasteiger charge is -2.15. The molecule has 0 aromatic heterocycles. The molecule has 80 valence electrons. The zero-order valence-corrected chi connectivity index (χ0v) is 9.66. The van der Waals surface area contributed by atoms with E-state index < -0.39 is 0 Å². The van der Waals surface area contributed by atoms with Crippen LogP contribution in [0.4, 0.5) is 10.5 Å². The molecule has 5 heteroatoms. The summed E-state index contributed by atoms with van der Waals surface area (Å²) in [6.07, 6.45) is -0.273. The van der Waals surface area contributed by atoms with Crippen molar-refractivity contribution in [2.75, 3.05) is 18.9 Å². The van der Waals surface area contributed by atoms with E-state index >= 15 is 0 Å². The minimum Gasteiger partial charge on any atom is -0.448 e. The molecule has 2 rings (SSSR count). The van der Waals surface area contributed by atoms with Crippen LogP contribution in [-0.4, -0.2) is 24.1 Å². The van der Waals surface area contributed by atoms with Gasteiger partial charge in [0.2, 0.25) is 0 Å². The van der Waals surface area contributed by atoms with Gasteiger partial charge in [-0.2, -0.15) is 0 Å². The van der Waals surface area contributed by atoms with Crippen LogP contribution >= 0.6 is 15.9 Å². The number of hydrogen-bond acceptors (Lipinski definition) is 3. The Morgan fingerprint density at radius 2 is 2.33 bits per heavy atom. The number of cyclic esters (lactones) is 1. The fraction of sp³-hybridized carbons (Fsp3) is 0.300. The summed E-state index contributed by atoms with van der Waals surface area (Å²) in [4.78, 5) is 12.9. The van der Waals surface area contributed by atoms with Gasteiger partial charge in [-0.1, -0.05) is 22.0 Å². The first-order valence-corrected chi connectivity index (χ1v) is 5.42. The van der Waals surface area contributed by atoms with Crippen molar-refractivity contribution >= 4 is 27.7 Å². The molecule has 1 aliphatic rings. The molecule has 0 atom stereocenters. The molecule has 15 heavy (non-hydrogen) atoms. The van der Waals surface area contributed by atoms with Crippen molar-refractivity contribution in [2.24, 2.45) is 0 Å². The van der Waals surface area contributed by atoms with Crippen molar-refractivity contribution in [1.82, 2.24) is 4.90 Å². The maximum Gasteiger partial charge on any atom is 0.410 e. The fourth-order valence-corrected chi connectivity index (χ4v) is 2.01. The first-order valence-electron chi connectivity index (χ1n) is 4.63. The third kappa shape index (κ3) is 2.07. The highest BCUT2D eigenvalue weighted by molar-refractivity contribution is 9.10. The van der Waals surface area contributed by atoms with Crippen molar-refractivity contribution in [1.29, 1.82) is 0 Å². The van der Waals surface area contributed by atoms with E-state index in [0.29, 0.717) is 25.4 Å². The van der Waals surface area contributed by atoms with Crippen LogP contribution in [0.1, 0.15) is 5.56 Å². The first kappa shape index (κ1) is 10.3. The van der Waals surface area contributed by atoms with Gasteiger partial charge in [0.25, 0.3) is 0 Å². The Bertz CT molecular complexity index is 375. The maximum atomic E-state index is 11.2. The molecule has 1 aliphatic heterocycles. The van der Waals surface area contributed by atoms with Crippen molar-refractivity contribution < 1.29 is 9.53 Å².